The van der Waals surface area contributed by atoms with Crippen molar-refractivity contribution in [1.82, 2.24) is 5.48 Å². The normalized spacial score (nSPS) is 11.7. The molecule has 0 aromatic heterocycles. The summed E-state index contributed by atoms with van der Waals surface area (Å²) in [6.07, 6.45) is 5.78. The van der Waals surface area contributed by atoms with Crippen LogP contribution < -0.4 is 5.48 Å². The fourth-order valence-corrected chi connectivity index (χ4v) is 0.725. The lowest BCUT2D eigenvalue weighted by Crippen LogP contribution is -2.07. The van der Waals surface area contributed by atoms with Gasteiger partial charge in [-0.1, -0.05) is 25.8 Å². The van der Waals surface area contributed by atoms with E-state index < -0.39 is 0 Å². The third-order valence-electron chi connectivity index (χ3n) is 1.27. The van der Waals surface area contributed by atoms with Gasteiger partial charge in [0.2, 0.25) is 0 Å². The summed E-state index contributed by atoms with van der Waals surface area (Å²) in [5.41, 5.74) is 3.86. The van der Waals surface area contributed by atoms with E-state index in [0.29, 0.717) is 0 Å². The number of allylic oxidation sites excluding steroid dienone is 2. The first-order valence-corrected chi connectivity index (χ1v) is 3.77. The SMILES string of the molecule is CCCCC=C(C)NOC. The van der Waals surface area contributed by atoms with E-state index in [2.05, 4.69) is 18.5 Å². The molecule has 1 N–H and O–H groups in total. The van der Waals surface area contributed by atoms with E-state index >= 15 is 0 Å². The summed E-state index contributed by atoms with van der Waals surface area (Å²) >= 11 is 0. The molecule has 0 bridgehead atoms. The molecule has 0 aliphatic carbocycles. The molecule has 60 valence electrons. The summed E-state index contributed by atoms with van der Waals surface area (Å²) in [6, 6.07) is 0. The Hall–Kier alpha value is -0.500. The Morgan fingerprint density at radius 3 is 2.80 bits per heavy atom. The summed E-state index contributed by atoms with van der Waals surface area (Å²) in [5.74, 6) is 0. The maximum Gasteiger partial charge on any atom is 0.0636 e. The second kappa shape index (κ2) is 6.62. The van der Waals surface area contributed by atoms with E-state index in [4.69, 9.17) is 4.84 Å². The van der Waals surface area contributed by atoms with Crippen LogP contribution in [-0.4, -0.2) is 7.11 Å². The first kappa shape index (κ1) is 9.50. The zero-order valence-corrected chi connectivity index (χ0v) is 7.11. The Balaban J connectivity index is 3.28. The Bertz CT molecular complexity index is 99.4. The predicted molar refractivity (Wildman–Crippen MR) is 43.4 cm³/mol. The molecule has 0 aromatic carbocycles. The molecule has 0 heterocycles. The Kier molecular flexibility index (Phi) is 6.29. The molecule has 2 heteroatoms. The number of unbranched alkanes of at least 4 members (excludes halogenated alkanes) is 2. The van der Waals surface area contributed by atoms with Crippen molar-refractivity contribution in [2.75, 3.05) is 7.11 Å². The third kappa shape index (κ3) is 5.63. The van der Waals surface area contributed by atoms with Crippen molar-refractivity contribution < 1.29 is 4.84 Å². The van der Waals surface area contributed by atoms with Crippen molar-refractivity contribution in [3.05, 3.63) is 11.8 Å². The van der Waals surface area contributed by atoms with Crippen molar-refractivity contribution in [2.45, 2.75) is 33.1 Å². The molecule has 0 unspecified atom stereocenters. The van der Waals surface area contributed by atoms with E-state index in [1.807, 2.05) is 6.92 Å². The predicted octanol–water partition coefficient (Wildman–Crippen LogP) is 2.23. The largest absolute Gasteiger partial charge is 0.280 e. The lowest BCUT2D eigenvalue weighted by molar-refractivity contribution is 0.118. The fourth-order valence-electron chi connectivity index (χ4n) is 0.725. The highest BCUT2D eigenvalue weighted by Crippen LogP contribution is 1.97. The van der Waals surface area contributed by atoms with E-state index in [1.165, 1.54) is 12.8 Å². The molecular weight excluding hydrogens is 126 g/mol. The Morgan fingerprint density at radius 1 is 1.60 bits per heavy atom. The molecule has 2 nitrogen and oxygen atoms in total. The van der Waals surface area contributed by atoms with Gasteiger partial charge in [-0.3, -0.25) is 10.3 Å². The molecular formula is C8H17NO. The van der Waals surface area contributed by atoms with Gasteiger partial charge in [-0.2, -0.15) is 0 Å². The summed E-state index contributed by atoms with van der Waals surface area (Å²) in [4.78, 5) is 4.72. The maximum atomic E-state index is 4.72. The summed E-state index contributed by atoms with van der Waals surface area (Å²) in [5, 5.41) is 0. The first-order valence-electron chi connectivity index (χ1n) is 3.77. The van der Waals surface area contributed by atoms with Gasteiger partial charge in [0.25, 0.3) is 0 Å². The molecule has 0 aromatic rings. The molecule has 0 radical (unpaired) electrons. The molecule has 0 amide bonds. The number of hydroxylamine groups is 1. The van der Waals surface area contributed by atoms with E-state index in [0.717, 1.165) is 12.1 Å². The molecule has 0 atom stereocenters. The highest BCUT2D eigenvalue weighted by atomic mass is 16.6. The molecule has 10 heavy (non-hydrogen) atoms. The van der Waals surface area contributed by atoms with Crippen LogP contribution in [0.2, 0.25) is 0 Å². The highest BCUT2D eigenvalue weighted by Gasteiger charge is 1.83. The quantitative estimate of drug-likeness (QED) is 0.470. The molecule has 0 aliphatic heterocycles. The van der Waals surface area contributed by atoms with Crippen LogP contribution in [0, 0.1) is 0 Å². The molecule has 0 spiro atoms. The van der Waals surface area contributed by atoms with Crippen LogP contribution in [0.15, 0.2) is 11.8 Å². The van der Waals surface area contributed by atoms with Gasteiger partial charge in [0.1, 0.15) is 0 Å². The smallest absolute Gasteiger partial charge is 0.0636 e. The van der Waals surface area contributed by atoms with Crippen molar-refractivity contribution >= 4 is 0 Å². The van der Waals surface area contributed by atoms with Crippen LogP contribution in [0.1, 0.15) is 33.1 Å². The van der Waals surface area contributed by atoms with Gasteiger partial charge in [-0.05, 0) is 13.3 Å². The van der Waals surface area contributed by atoms with Crippen molar-refractivity contribution in [3.8, 4) is 0 Å². The average Bonchev–Trinajstić information content (AvgIpc) is 1.89. The summed E-state index contributed by atoms with van der Waals surface area (Å²) in [7, 11) is 1.62. The van der Waals surface area contributed by atoms with Crippen LogP contribution in [0.4, 0.5) is 0 Å². The second-order valence-electron chi connectivity index (χ2n) is 2.34. The van der Waals surface area contributed by atoms with Crippen molar-refractivity contribution in [3.63, 3.8) is 0 Å². The monoisotopic (exact) mass is 143 g/mol. The molecule has 0 saturated carbocycles. The topological polar surface area (TPSA) is 21.3 Å². The van der Waals surface area contributed by atoms with E-state index in [-0.39, 0.29) is 0 Å². The zero-order chi connectivity index (χ0) is 7.82. The van der Waals surface area contributed by atoms with Gasteiger partial charge in [0, 0.05) is 5.70 Å². The molecule has 0 saturated heterocycles. The minimum atomic E-state index is 1.09. The fraction of sp³-hybridized carbons (Fsp3) is 0.750. The van der Waals surface area contributed by atoms with Crippen LogP contribution in [0.5, 0.6) is 0 Å². The van der Waals surface area contributed by atoms with Crippen molar-refractivity contribution in [2.24, 2.45) is 0 Å². The Labute approximate surface area is 63.2 Å². The first-order chi connectivity index (χ1) is 4.81. The minimum absolute atomic E-state index is 1.09. The highest BCUT2D eigenvalue weighted by molar-refractivity contribution is 4.92. The number of rotatable bonds is 5. The molecule has 0 rings (SSSR count). The maximum absolute atomic E-state index is 4.72. The molecule has 0 aliphatic rings. The summed E-state index contributed by atoms with van der Waals surface area (Å²) in [6.45, 7) is 4.19. The third-order valence-corrected chi connectivity index (χ3v) is 1.27. The number of hydrogen-bond acceptors (Lipinski definition) is 2. The number of nitrogens with one attached hydrogen (secondary N) is 1. The Morgan fingerprint density at radius 2 is 2.30 bits per heavy atom. The zero-order valence-electron chi connectivity index (χ0n) is 7.11. The second-order valence-corrected chi connectivity index (χ2v) is 2.34. The van der Waals surface area contributed by atoms with Gasteiger partial charge in [0.15, 0.2) is 0 Å². The minimum Gasteiger partial charge on any atom is -0.280 e. The average molecular weight is 143 g/mol. The van der Waals surface area contributed by atoms with Gasteiger partial charge in [-0.25, -0.2) is 0 Å². The van der Waals surface area contributed by atoms with Gasteiger partial charge in [0.05, 0.1) is 7.11 Å². The van der Waals surface area contributed by atoms with E-state index in [9.17, 15) is 0 Å². The lowest BCUT2D eigenvalue weighted by atomic mass is 10.2. The standard InChI is InChI=1S/C8H17NO/c1-4-5-6-7-8(2)9-10-3/h7,9H,4-6H2,1-3H3. The van der Waals surface area contributed by atoms with Gasteiger partial charge in [-0.15, -0.1) is 0 Å². The van der Waals surface area contributed by atoms with Gasteiger partial charge < -0.3 is 0 Å². The number of hydrogen-bond donors (Lipinski definition) is 1. The van der Waals surface area contributed by atoms with Crippen molar-refractivity contribution in [1.29, 1.82) is 0 Å². The summed E-state index contributed by atoms with van der Waals surface area (Å²) < 4.78 is 0. The van der Waals surface area contributed by atoms with Crippen LogP contribution >= 0.6 is 0 Å². The van der Waals surface area contributed by atoms with Gasteiger partial charge >= 0.3 is 0 Å². The van der Waals surface area contributed by atoms with Crippen LogP contribution in [-0.2, 0) is 4.84 Å². The molecule has 0 fully saturated rings. The van der Waals surface area contributed by atoms with E-state index in [1.54, 1.807) is 7.11 Å². The van der Waals surface area contributed by atoms with Crippen LogP contribution in [0.25, 0.3) is 0 Å². The van der Waals surface area contributed by atoms with Crippen LogP contribution in [0.3, 0.4) is 0 Å². The lowest BCUT2D eigenvalue weighted by Gasteiger charge is -2.01.